The van der Waals surface area contributed by atoms with Gasteiger partial charge in [-0.05, 0) is 55.8 Å². The number of anilines is 1. The molecule has 1 saturated heterocycles. The summed E-state index contributed by atoms with van der Waals surface area (Å²) < 4.78 is 11.1. The summed E-state index contributed by atoms with van der Waals surface area (Å²) in [4.78, 5) is 28.1. The van der Waals surface area contributed by atoms with Gasteiger partial charge in [0.25, 0.3) is 11.7 Å². The van der Waals surface area contributed by atoms with Crippen LogP contribution in [0.2, 0.25) is 10.0 Å². The van der Waals surface area contributed by atoms with Crippen molar-refractivity contribution in [2.24, 2.45) is 0 Å². The summed E-state index contributed by atoms with van der Waals surface area (Å²) in [5, 5.41) is 12.1. The van der Waals surface area contributed by atoms with E-state index in [1.54, 1.807) is 54.6 Å². The van der Waals surface area contributed by atoms with Crippen molar-refractivity contribution in [1.29, 1.82) is 0 Å². The van der Waals surface area contributed by atoms with Crippen LogP contribution in [0, 0.1) is 6.92 Å². The van der Waals surface area contributed by atoms with Gasteiger partial charge in [-0.2, -0.15) is 0 Å². The number of rotatable bonds is 6. The molecule has 0 spiro atoms. The van der Waals surface area contributed by atoms with Crippen molar-refractivity contribution in [3.05, 3.63) is 93.0 Å². The van der Waals surface area contributed by atoms with Crippen molar-refractivity contribution in [3.8, 4) is 11.5 Å². The van der Waals surface area contributed by atoms with Crippen LogP contribution in [0.4, 0.5) is 5.69 Å². The summed E-state index contributed by atoms with van der Waals surface area (Å²) in [6.45, 7) is 4.07. The highest BCUT2D eigenvalue weighted by molar-refractivity contribution is 6.52. The molecule has 1 aliphatic rings. The molecule has 3 aromatic carbocycles. The number of Topliss-reactive ketones (excluding diaryl/α,β-unsaturated/α-hetero) is 1. The summed E-state index contributed by atoms with van der Waals surface area (Å²) >= 11 is 12.7. The monoisotopic (exact) mass is 511 g/mol. The Labute approximate surface area is 213 Å². The molecule has 1 aliphatic heterocycles. The number of nitrogens with zero attached hydrogens (tertiary/aromatic N) is 1. The number of amides is 1. The quantitative estimate of drug-likeness (QED) is 0.237. The molecule has 35 heavy (non-hydrogen) atoms. The van der Waals surface area contributed by atoms with Crippen LogP contribution < -0.4 is 14.4 Å². The van der Waals surface area contributed by atoms with E-state index < -0.39 is 23.5 Å². The lowest BCUT2D eigenvalue weighted by Crippen LogP contribution is -2.29. The van der Waals surface area contributed by atoms with Crippen LogP contribution in [0.3, 0.4) is 0 Å². The smallest absolute Gasteiger partial charge is 0.300 e. The number of ether oxygens (including phenoxy) is 2. The summed E-state index contributed by atoms with van der Waals surface area (Å²) in [7, 11) is 1.50. The summed E-state index contributed by atoms with van der Waals surface area (Å²) in [6.07, 6.45) is 0. The average molecular weight is 512 g/mol. The van der Waals surface area contributed by atoms with Crippen molar-refractivity contribution < 1.29 is 24.2 Å². The number of carbonyl (C=O) groups is 2. The molecule has 1 fully saturated rings. The number of halogens is 2. The van der Waals surface area contributed by atoms with Crippen LogP contribution in [-0.4, -0.2) is 30.5 Å². The van der Waals surface area contributed by atoms with Gasteiger partial charge in [0.05, 0.1) is 30.4 Å². The molecule has 0 saturated carbocycles. The summed E-state index contributed by atoms with van der Waals surface area (Å²) in [5.74, 6) is -1.16. The first-order valence-corrected chi connectivity index (χ1v) is 11.7. The highest BCUT2D eigenvalue weighted by Gasteiger charge is 2.48. The second kappa shape index (κ2) is 10.0. The van der Waals surface area contributed by atoms with E-state index in [9.17, 15) is 14.7 Å². The van der Waals surface area contributed by atoms with Crippen LogP contribution in [0.5, 0.6) is 11.5 Å². The third-order valence-corrected chi connectivity index (χ3v) is 6.55. The largest absolute Gasteiger partial charge is 0.507 e. The summed E-state index contributed by atoms with van der Waals surface area (Å²) in [6, 6.07) is 15.9. The highest BCUT2D eigenvalue weighted by atomic mass is 35.5. The van der Waals surface area contributed by atoms with Crippen molar-refractivity contribution in [2.45, 2.75) is 19.9 Å². The number of methoxy groups -OCH3 is 1. The number of hydrogen-bond donors (Lipinski definition) is 1. The first kappa shape index (κ1) is 24.6. The second-order valence-corrected chi connectivity index (χ2v) is 8.73. The third-order valence-electron chi connectivity index (χ3n) is 5.82. The highest BCUT2D eigenvalue weighted by Crippen LogP contribution is 2.46. The number of ketones is 1. The van der Waals surface area contributed by atoms with E-state index in [1.807, 2.05) is 13.8 Å². The van der Waals surface area contributed by atoms with Gasteiger partial charge >= 0.3 is 0 Å². The maximum Gasteiger partial charge on any atom is 0.300 e. The van der Waals surface area contributed by atoms with Gasteiger partial charge in [0.15, 0.2) is 0 Å². The van der Waals surface area contributed by atoms with Gasteiger partial charge in [0.1, 0.15) is 17.3 Å². The molecule has 6 nitrogen and oxygen atoms in total. The number of benzene rings is 3. The Morgan fingerprint density at radius 3 is 2.46 bits per heavy atom. The fourth-order valence-electron chi connectivity index (χ4n) is 4.10. The normalized spacial score (nSPS) is 17.1. The number of hydrogen-bond acceptors (Lipinski definition) is 5. The van der Waals surface area contributed by atoms with Crippen molar-refractivity contribution in [3.63, 3.8) is 0 Å². The van der Waals surface area contributed by atoms with Crippen LogP contribution in [0.1, 0.15) is 29.7 Å². The first-order valence-electron chi connectivity index (χ1n) is 10.9. The van der Waals surface area contributed by atoms with E-state index in [-0.39, 0.29) is 16.2 Å². The van der Waals surface area contributed by atoms with Gasteiger partial charge < -0.3 is 14.6 Å². The van der Waals surface area contributed by atoms with Crippen molar-refractivity contribution >= 4 is 46.3 Å². The molecule has 1 heterocycles. The number of para-hydroxylation sites is 1. The van der Waals surface area contributed by atoms with Gasteiger partial charge in [-0.25, -0.2) is 0 Å². The molecule has 0 radical (unpaired) electrons. The molecular weight excluding hydrogens is 489 g/mol. The van der Waals surface area contributed by atoms with Gasteiger partial charge in [-0.3, -0.25) is 14.5 Å². The van der Waals surface area contributed by atoms with Crippen molar-refractivity contribution in [1.82, 2.24) is 0 Å². The van der Waals surface area contributed by atoms with E-state index >= 15 is 0 Å². The Morgan fingerprint density at radius 2 is 1.77 bits per heavy atom. The Balaban J connectivity index is 2.00. The van der Waals surface area contributed by atoms with Gasteiger partial charge in [0.2, 0.25) is 0 Å². The molecule has 8 heteroatoms. The molecule has 4 rings (SSSR count). The maximum atomic E-state index is 13.4. The number of aliphatic hydroxyl groups excluding tert-OH is 1. The molecule has 0 aromatic heterocycles. The molecule has 1 amide bonds. The zero-order valence-electron chi connectivity index (χ0n) is 19.3. The topological polar surface area (TPSA) is 76.1 Å². The first-order chi connectivity index (χ1) is 16.8. The standard InChI is InChI=1S/C27H23Cl2NO5/c1-4-35-17-11-12-20(28)19(14-17)25(31)23-24(18-7-5-6-8-22(18)34-3)30(27(33)26(23)32)16-10-9-15(2)21(29)13-16/h5-14,24,31H,4H2,1-3H3/b25-23+. The number of aryl methyl sites for hydroxylation is 1. The Hall–Kier alpha value is -3.48. The van der Waals surface area contributed by atoms with Crippen LogP contribution >= 0.6 is 23.2 Å². The minimum Gasteiger partial charge on any atom is -0.507 e. The molecule has 3 aromatic rings. The SMILES string of the molecule is CCOc1ccc(Cl)c(/C(O)=C2\C(=O)C(=O)N(c3ccc(C)c(Cl)c3)C2c2ccccc2OC)c1. The second-order valence-electron chi connectivity index (χ2n) is 7.92. The van der Waals surface area contributed by atoms with Gasteiger partial charge in [-0.15, -0.1) is 0 Å². The molecule has 0 aliphatic carbocycles. The van der Waals surface area contributed by atoms with Crippen molar-refractivity contribution in [2.75, 3.05) is 18.6 Å². The Bertz CT molecular complexity index is 1350. The molecule has 1 unspecified atom stereocenters. The van der Waals surface area contributed by atoms with E-state index in [4.69, 9.17) is 32.7 Å². The zero-order chi connectivity index (χ0) is 25.3. The average Bonchev–Trinajstić information content (AvgIpc) is 3.12. The minimum atomic E-state index is -0.989. The molecule has 1 atom stereocenters. The van der Waals surface area contributed by atoms with Crippen LogP contribution in [0.15, 0.2) is 66.2 Å². The molecule has 0 bridgehead atoms. The van der Waals surface area contributed by atoms with E-state index in [0.717, 1.165) is 5.56 Å². The lowest BCUT2D eigenvalue weighted by atomic mass is 9.94. The van der Waals surface area contributed by atoms with Gasteiger partial charge in [0, 0.05) is 21.8 Å². The number of aliphatic hydroxyl groups is 1. The van der Waals surface area contributed by atoms with E-state index in [2.05, 4.69) is 0 Å². The predicted molar refractivity (Wildman–Crippen MR) is 137 cm³/mol. The fraction of sp³-hybridized carbons (Fsp3) is 0.185. The Morgan fingerprint density at radius 1 is 1.03 bits per heavy atom. The van der Waals surface area contributed by atoms with Crippen LogP contribution in [-0.2, 0) is 9.59 Å². The molecule has 1 N–H and O–H groups in total. The fourth-order valence-corrected chi connectivity index (χ4v) is 4.49. The molecular formula is C27H23Cl2NO5. The van der Waals surface area contributed by atoms with Gasteiger partial charge in [-0.1, -0.05) is 47.5 Å². The zero-order valence-corrected chi connectivity index (χ0v) is 20.9. The third kappa shape index (κ3) is 4.47. The lowest BCUT2D eigenvalue weighted by molar-refractivity contribution is -0.132. The molecule has 180 valence electrons. The van der Waals surface area contributed by atoms with E-state index in [0.29, 0.717) is 34.4 Å². The minimum absolute atomic E-state index is 0.119. The number of carbonyl (C=O) groups excluding carboxylic acids is 2. The maximum absolute atomic E-state index is 13.4. The van der Waals surface area contributed by atoms with E-state index in [1.165, 1.54) is 18.1 Å². The lowest BCUT2D eigenvalue weighted by Gasteiger charge is -2.27. The van der Waals surface area contributed by atoms with Crippen LogP contribution in [0.25, 0.3) is 5.76 Å². The summed E-state index contributed by atoms with van der Waals surface area (Å²) in [5.41, 5.74) is 1.81. The predicted octanol–water partition coefficient (Wildman–Crippen LogP) is 6.34. The Kier molecular flexibility index (Phi) is 7.05.